The van der Waals surface area contributed by atoms with Crippen molar-refractivity contribution in [1.29, 1.82) is 0 Å². The molecule has 3 aliphatic heterocycles. The Labute approximate surface area is 168 Å². The first-order valence-corrected chi connectivity index (χ1v) is 9.81. The van der Waals surface area contributed by atoms with Crippen LogP contribution in [0.15, 0.2) is 23.5 Å². The standard InChI is InChI=1S/C18H27FN8O2/c19-18(26-17(12-28)2-1-3-21-11-17)8-14(13-9-22-15(20)23-10-13)24-16(25-18)27-4-6-29-7-5-27/h8-10,21,26,28H,1-7,11-12H2,(H,24,25)(H2,20,22,23)/t17-,18?/m0/s1. The Kier molecular flexibility index (Phi) is 5.63. The number of anilines is 1. The Morgan fingerprint density at radius 3 is 2.72 bits per heavy atom. The molecular formula is C18H27FN8O2. The van der Waals surface area contributed by atoms with E-state index < -0.39 is 11.5 Å². The number of morpholine rings is 1. The molecule has 2 fully saturated rings. The van der Waals surface area contributed by atoms with Gasteiger partial charge < -0.3 is 31.1 Å². The summed E-state index contributed by atoms with van der Waals surface area (Å²) in [5, 5.41) is 19.4. The molecule has 11 heteroatoms. The van der Waals surface area contributed by atoms with Crippen LogP contribution in [0.25, 0.3) is 5.70 Å². The number of piperidine rings is 1. The van der Waals surface area contributed by atoms with Crippen LogP contribution in [0.3, 0.4) is 0 Å². The van der Waals surface area contributed by atoms with Gasteiger partial charge in [-0.1, -0.05) is 0 Å². The Hall–Kier alpha value is -2.34. The van der Waals surface area contributed by atoms with Crippen molar-refractivity contribution in [1.82, 2.24) is 30.8 Å². The average Bonchev–Trinajstić information content (AvgIpc) is 2.75. The molecule has 6 N–H and O–H groups in total. The number of aliphatic hydroxyl groups excluding tert-OH is 1. The largest absolute Gasteiger partial charge is 0.394 e. The molecule has 4 rings (SSSR count). The van der Waals surface area contributed by atoms with Gasteiger partial charge in [-0.15, -0.1) is 0 Å². The molecule has 1 aromatic heterocycles. The molecule has 0 aromatic carbocycles. The topological polar surface area (TPSA) is 133 Å². The number of aromatic nitrogens is 2. The first-order chi connectivity index (χ1) is 14.0. The van der Waals surface area contributed by atoms with Crippen molar-refractivity contribution in [2.24, 2.45) is 4.99 Å². The minimum atomic E-state index is -2.21. The number of aliphatic imine (C=N–C) groups is 1. The molecule has 4 heterocycles. The summed E-state index contributed by atoms with van der Waals surface area (Å²) in [7, 11) is 0. The second-order valence-electron chi connectivity index (χ2n) is 7.56. The van der Waals surface area contributed by atoms with Crippen LogP contribution in [0, 0.1) is 0 Å². The number of halogens is 1. The molecule has 0 saturated carbocycles. The van der Waals surface area contributed by atoms with Gasteiger partial charge >= 0.3 is 0 Å². The van der Waals surface area contributed by atoms with E-state index in [1.165, 1.54) is 18.5 Å². The third-order valence-corrected chi connectivity index (χ3v) is 5.36. The van der Waals surface area contributed by atoms with E-state index in [9.17, 15) is 5.11 Å². The third-order valence-electron chi connectivity index (χ3n) is 5.36. The minimum Gasteiger partial charge on any atom is -0.394 e. The van der Waals surface area contributed by atoms with E-state index >= 15 is 4.39 Å². The number of rotatable bonds is 4. The van der Waals surface area contributed by atoms with Gasteiger partial charge in [0.2, 0.25) is 11.9 Å². The number of guanidine groups is 1. The molecule has 0 spiro atoms. The predicted octanol–water partition coefficient (Wildman–Crippen LogP) is -0.981. The maximum atomic E-state index is 16.1. The van der Waals surface area contributed by atoms with E-state index in [1.54, 1.807) is 0 Å². The van der Waals surface area contributed by atoms with E-state index in [0.29, 0.717) is 56.5 Å². The summed E-state index contributed by atoms with van der Waals surface area (Å²) in [6.07, 6.45) is 5.91. The maximum Gasteiger partial charge on any atom is 0.280 e. The molecule has 29 heavy (non-hydrogen) atoms. The van der Waals surface area contributed by atoms with Crippen molar-refractivity contribution in [3.8, 4) is 0 Å². The molecule has 10 nitrogen and oxygen atoms in total. The highest BCUT2D eigenvalue weighted by molar-refractivity contribution is 5.91. The zero-order chi connectivity index (χ0) is 20.3. The molecule has 0 amide bonds. The Bertz CT molecular complexity index is 775. The highest BCUT2D eigenvalue weighted by atomic mass is 19.1. The molecule has 1 unspecified atom stereocenters. The molecule has 158 valence electrons. The summed E-state index contributed by atoms with van der Waals surface area (Å²) in [5.41, 5.74) is 5.85. The lowest BCUT2D eigenvalue weighted by atomic mass is 9.90. The highest BCUT2D eigenvalue weighted by Crippen LogP contribution is 2.28. The summed E-state index contributed by atoms with van der Waals surface area (Å²) >= 11 is 0. The van der Waals surface area contributed by atoms with E-state index in [0.717, 1.165) is 13.0 Å². The number of alkyl halides is 1. The van der Waals surface area contributed by atoms with Crippen molar-refractivity contribution in [3.63, 3.8) is 0 Å². The van der Waals surface area contributed by atoms with Gasteiger partial charge in [0.05, 0.1) is 31.1 Å². The van der Waals surface area contributed by atoms with Crippen LogP contribution in [-0.2, 0) is 4.74 Å². The summed E-state index contributed by atoms with van der Waals surface area (Å²) < 4.78 is 21.5. The van der Waals surface area contributed by atoms with Gasteiger partial charge in [0, 0.05) is 43.7 Å². The molecule has 3 aliphatic rings. The number of aliphatic hydroxyl groups is 1. The Balaban J connectivity index is 1.67. The number of nitrogen functional groups attached to an aromatic ring is 1. The maximum absolute atomic E-state index is 16.1. The third kappa shape index (κ3) is 4.47. The fraction of sp³-hybridized carbons (Fsp3) is 0.611. The summed E-state index contributed by atoms with van der Waals surface area (Å²) in [6, 6.07) is 0. The molecule has 0 aliphatic carbocycles. The first kappa shape index (κ1) is 20.0. The molecule has 2 saturated heterocycles. The monoisotopic (exact) mass is 406 g/mol. The molecule has 1 aromatic rings. The summed E-state index contributed by atoms with van der Waals surface area (Å²) in [6.45, 7) is 3.38. The lowest BCUT2D eigenvalue weighted by molar-refractivity contribution is 0.0500. The quantitative estimate of drug-likeness (QED) is 0.400. The van der Waals surface area contributed by atoms with Crippen molar-refractivity contribution >= 4 is 17.6 Å². The number of hydrogen-bond donors (Lipinski definition) is 5. The van der Waals surface area contributed by atoms with Crippen LogP contribution >= 0.6 is 0 Å². The highest BCUT2D eigenvalue weighted by Gasteiger charge is 2.43. The zero-order valence-corrected chi connectivity index (χ0v) is 16.2. The summed E-state index contributed by atoms with van der Waals surface area (Å²) in [4.78, 5) is 14.3. The van der Waals surface area contributed by atoms with Gasteiger partial charge in [0.25, 0.3) is 5.92 Å². The van der Waals surface area contributed by atoms with Crippen LogP contribution in [0.1, 0.15) is 18.4 Å². The van der Waals surface area contributed by atoms with Crippen LogP contribution in [-0.4, -0.2) is 83.4 Å². The first-order valence-electron chi connectivity index (χ1n) is 9.81. The number of nitrogens with two attached hydrogens (primary N) is 1. The van der Waals surface area contributed by atoms with Crippen molar-refractivity contribution in [2.45, 2.75) is 24.3 Å². The predicted molar refractivity (Wildman–Crippen MR) is 106 cm³/mol. The average molecular weight is 406 g/mol. The van der Waals surface area contributed by atoms with Gasteiger partial charge in [-0.05, 0) is 19.4 Å². The van der Waals surface area contributed by atoms with Crippen LogP contribution < -0.4 is 21.7 Å². The lowest BCUT2D eigenvalue weighted by Gasteiger charge is -2.42. The van der Waals surface area contributed by atoms with Gasteiger partial charge in [0.15, 0.2) is 0 Å². The second-order valence-corrected chi connectivity index (χ2v) is 7.56. The number of ether oxygens (including phenoxy) is 1. The normalized spacial score (nSPS) is 30.3. The summed E-state index contributed by atoms with van der Waals surface area (Å²) in [5.74, 6) is -1.67. The van der Waals surface area contributed by atoms with Crippen LogP contribution in [0.4, 0.5) is 10.3 Å². The van der Waals surface area contributed by atoms with Gasteiger partial charge in [-0.3, -0.25) is 5.32 Å². The van der Waals surface area contributed by atoms with Crippen LogP contribution in [0.5, 0.6) is 0 Å². The smallest absolute Gasteiger partial charge is 0.280 e. The lowest BCUT2D eigenvalue weighted by Crippen LogP contribution is -2.65. The molecular weight excluding hydrogens is 379 g/mol. The number of hydrogen-bond acceptors (Lipinski definition) is 10. The van der Waals surface area contributed by atoms with Crippen LogP contribution in [0.2, 0.25) is 0 Å². The number of nitrogens with zero attached hydrogens (tertiary/aromatic N) is 4. The van der Waals surface area contributed by atoms with E-state index in [1.807, 2.05) is 4.90 Å². The minimum absolute atomic E-state index is 0.143. The second kappa shape index (κ2) is 8.19. The van der Waals surface area contributed by atoms with Gasteiger partial charge in [-0.2, -0.15) is 9.38 Å². The van der Waals surface area contributed by atoms with Crippen molar-refractivity contribution in [3.05, 3.63) is 24.0 Å². The van der Waals surface area contributed by atoms with Gasteiger partial charge in [-0.25, -0.2) is 9.97 Å². The fourth-order valence-electron chi connectivity index (χ4n) is 3.80. The van der Waals surface area contributed by atoms with Crippen molar-refractivity contribution < 1.29 is 14.2 Å². The Morgan fingerprint density at radius 1 is 1.31 bits per heavy atom. The number of nitrogens with one attached hydrogen (secondary N) is 3. The van der Waals surface area contributed by atoms with Crippen molar-refractivity contribution in [2.75, 3.05) is 51.7 Å². The van der Waals surface area contributed by atoms with E-state index in [-0.39, 0.29) is 12.6 Å². The SMILES string of the molecule is Nc1ncc(C2=CC(F)(N[C@@]3(CO)CCCNC3)N=C(N3CCOCC3)N2)cn1. The zero-order valence-electron chi connectivity index (χ0n) is 16.2. The van der Waals surface area contributed by atoms with Gasteiger partial charge in [0.1, 0.15) is 0 Å². The van der Waals surface area contributed by atoms with E-state index in [2.05, 4.69) is 30.9 Å². The molecule has 0 radical (unpaired) electrons. The molecule has 2 atom stereocenters. The molecule has 0 bridgehead atoms. The Morgan fingerprint density at radius 2 is 2.07 bits per heavy atom. The fourth-order valence-corrected chi connectivity index (χ4v) is 3.80. The van der Waals surface area contributed by atoms with E-state index in [4.69, 9.17) is 10.5 Å².